The molecule has 1 amide bonds. The van der Waals surface area contributed by atoms with Crippen LogP contribution >= 0.6 is 37.5 Å². The number of thioether (sulfide) groups is 1. The van der Waals surface area contributed by atoms with Crippen molar-refractivity contribution in [3.63, 3.8) is 0 Å². The zero-order valence-corrected chi connectivity index (χ0v) is 23.7. The summed E-state index contributed by atoms with van der Waals surface area (Å²) in [4.78, 5) is 13.5. The van der Waals surface area contributed by atoms with Crippen molar-refractivity contribution < 1.29 is 18.6 Å². The number of carbonyl (C=O) groups is 1. The van der Waals surface area contributed by atoms with E-state index in [1.54, 1.807) is 38.1 Å². The van der Waals surface area contributed by atoms with Crippen LogP contribution in [0.1, 0.15) is 12.0 Å². The molecule has 0 spiro atoms. The van der Waals surface area contributed by atoms with E-state index in [4.69, 9.17) is 13.8 Å². The molecule has 7 nitrogen and oxygen atoms in total. The van der Waals surface area contributed by atoms with Gasteiger partial charge >= 0.3 is 0 Å². The molecular formula is C26H33N3O4S3. The number of hydrogen-bond acceptors (Lipinski definition) is 8. The molecule has 0 radical (unpaired) electrons. The van der Waals surface area contributed by atoms with Gasteiger partial charge in [0.1, 0.15) is 29.4 Å². The molecule has 10 heteroatoms. The highest BCUT2D eigenvalue weighted by molar-refractivity contribution is 7.99. The first-order valence-corrected chi connectivity index (χ1v) is 12.7. The number of hydroxylamine groups is 1. The number of amides is 1. The van der Waals surface area contributed by atoms with Crippen LogP contribution in [0.5, 0.6) is 11.5 Å². The Bertz CT molecular complexity index is 1100. The molecule has 1 N–H and O–H groups in total. The molecule has 36 heavy (non-hydrogen) atoms. The topological polar surface area (TPSA) is 63.3 Å². The largest absolute Gasteiger partial charge is 0.497 e. The van der Waals surface area contributed by atoms with E-state index in [-0.39, 0.29) is 19.4 Å². The lowest BCUT2D eigenvalue weighted by Gasteiger charge is -2.24. The Morgan fingerprint density at radius 3 is 2.28 bits per heavy atom. The number of nitrogens with one attached hydrogen (secondary N) is 1. The molecule has 0 atom stereocenters. The van der Waals surface area contributed by atoms with E-state index < -0.39 is 0 Å². The van der Waals surface area contributed by atoms with E-state index in [9.17, 15) is 4.79 Å². The quantitative estimate of drug-likeness (QED) is 0.122. The van der Waals surface area contributed by atoms with Gasteiger partial charge in [0, 0.05) is 48.6 Å². The van der Waals surface area contributed by atoms with Crippen molar-refractivity contribution >= 4 is 60.5 Å². The Kier molecular flexibility index (Phi) is 12.1. The smallest absolute Gasteiger partial charge is 0.225 e. The number of hydrogen-bond donors (Lipinski definition) is 1. The minimum Gasteiger partial charge on any atom is -0.497 e. The molecule has 3 aromatic carbocycles. The Balaban J connectivity index is 0.00000456. The number of benzene rings is 3. The van der Waals surface area contributed by atoms with Crippen LogP contribution in [0.2, 0.25) is 0 Å². The summed E-state index contributed by atoms with van der Waals surface area (Å²) < 4.78 is 18.4. The van der Waals surface area contributed by atoms with Crippen molar-refractivity contribution in [1.29, 1.82) is 0 Å². The molecule has 0 aliphatic heterocycles. The van der Waals surface area contributed by atoms with Crippen molar-refractivity contribution in [3.05, 3.63) is 72.3 Å². The second kappa shape index (κ2) is 14.8. The molecule has 0 unspecified atom stereocenters. The van der Waals surface area contributed by atoms with Crippen molar-refractivity contribution in [3.8, 4) is 11.5 Å². The van der Waals surface area contributed by atoms with Crippen LogP contribution in [0.4, 0.5) is 17.1 Å². The molecule has 0 saturated carbocycles. The molecule has 0 fully saturated rings. The number of rotatable bonds is 12. The van der Waals surface area contributed by atoms with Crippen molar-refractivity contribution in [2.75, 3.05) is 48.8 Å². The molecule has 0 aliphatic rings. The normalized spacial score (nSPS) is 10.2. The van der Waals surface area contributed by atoms with Gasteiger partial charge in [-0.15, -0.1) is 11.8 Å². The van der Waals surface area contributed by atoms with Gasteiger partial charge in [-0.2, -0.15) is 17.8 Å². The van der Waals surface area contributed by atoms with Crippen LogP contribution in [0.25, 0.3) is 0 Å². The number of anilines is 3. The molecule has 194 valence electrons. The molecule has 0 aromatic heterocycles. The van der Waals surface area contributed by atoms with Crippen LogP contribution in [0, 0.1) is 6.92 Å². The second-order valence-electron chi connectivity index (χ2n) is 7.69. The van der Waals surface area contributed by atoms with E-state index in [0.717, 1.165) is 22.8 Å². The van der Waals surface area contributed by atoms with Gasteiger partial charge < -0.3 is 14.8 Å². The van der Waals surface area contributed by atoms with E-state index in [0.29, 0.717) is 17.9 Å². The minimum absolute atomic E-state index is 0. The van der Waals surface area contributed by atoms with E-state index >= 15 is 0 Å². The van der Waals surface area contributed by atoms with Gasteiger partial charge in [0.25, 0.3) is 0 Å². The monoisotopic (exact) mass is 547 g/mol. The Morgan fingerprint density at radius 2 is 1.64 bits per heavy atom. The van der Waals surface area contributed by atoms with Gasteiger partial charge in [0.05, 0.1) is 14.2 Å². The fraction of sp³-hybridized carbons (Fsp3) is 0.269. The lowest BCUT2D eigenvalue weighted by Crippen LogP contribution is -2.19. The third kappa shape index (κ3) is 8.77. The van der Waals surface area contributed by atoms with Gasteiger partial charge in [-0.3, -0.25) is 9.10 Å². The Hall–Kier alpha value is -2.66. The fourth-order valence-electron chi connectivity index (χ4n) is 3.10. The number of nitrogens with zero attached hydrogens (tertiary/aromatic N) is 2. The Morgan fingerprint density at radius 1 is 0.944 bits per heavy atom. The minimum atomic E-state index is -0.00251. The third-order valence-electron chi connectivity index (χ3n) is 5.12. The summed E-state index contributed by atoms with van der Waals surface area (Å²) in [5.74, 6) is 2.11. The highest BCUT2D eigenvalue weighted by Crippen LogP contribution is 2.34. The van der Waals surface area contributed by atoms with E-state index in [1.165, 1.54) is 22.7 Å². The van der Waals surface area contributed by atoms with Crippen LogP contribution < -0.4 is 24.2 Å². The first-order chi connectivity index (χ1) is 16.9. The zero-order chi connectivity index (χ0) is 25.2. The van der Waals surface area contributed by atoms with Crippen molar-refractivity contribution in [2.45, 2.75) is 18.2 Å². The maximum atomic E-state index is 12.3. The lowest BCUT2D eigenvalue weighted by molar-refractivity contribution is -0.115. The summed E-state index contributed by atoms with van der Waals surface area (Å²) in [6.45, 7) is 2.06. The molecule has 0 heterocycles. The van der Waals surface area contributed by atoms with Crippen molar-refractivity contribution in [2.24, 2.45) is 0 Å². The molecule has 0 saturated heterocycles. The third-order valence-corrected chi connectivity index (χ3v) is 6.85. The first kappa shape index (κ1) is 29.6. The number of carbonyl (C=O) groups excluding carboxylic acids is 1. The standard InChI is InChI=1S/C26H31N3O4S2.H2S/c1-19-6-13-23(14-7-19)34-17-16-26(30)27-20-8-10-21(11-9-20)29(3)35-33-28(2)24-18-22(31-4)12-15-25(24)32-5;/h6-15,18H,16-17H2,1-5H3,(H,27,30);1H2. The molecule has 0 aliphatic carbocycles. The summed E-state index contributed by atoms with van der Waals surface area (Å²) in [6.07, 6.45) is 0.448. The molecule has 3 rings (SSSR count). The zero-order valence-electron chi connectivity index (χ0n) is 21.1. The van der Waals surface area contributed by atoms with Gasteiger partial charge in [-0.25, -0.2) is 5.06 Å². The predicted octanol–water partition coefficient (Wildman–Crippen LogP) is 6.31. The lowest BCUT2D eigenvalue weighted by atomic mass is 10.2. The first-order valence-electron chi connectivity index (χ1n) is 11.0. The predicted molar refractivity (Wildman–Crippen MR) is 157 cm³/mol. The summed E-state index contributed by atoms with van der Waals surface area (Å²) in [5.41, 5.74) is 3.66. The molecular weight excluding hydrogens is 515 g/mol. The van der Waals surface area contributed by atoms with Crippen LogP contribution in [0.3, 0.4) is 0 Å². The van der Waals surface area contributed by atoms with Crippen LogP contribution in [-0.4, -0.2) is 40.0 Å². The highest BCUT2D eigenvalue weighted by Gasteiger charge is 2.13. The van der Waals surface area contributed by atoms with Crippen LogP contribution in [0.15, 0.2) is 71.6 Å². The number of ether oxygens (including phenoxy) is 2. The summed E-state index contributed by atoms with van der Waals surface area (Å²) in [7, 11) is 6.93. The fourth-order valence-corrected chi connectivity index (χ4v) is 4.44. The maximum absolute atomic E-state index is 12.3. The second-order valence-corrected chi connectivity index (χ2v) is 9.70. The van der Waals surface area contributed by atoms with Gasteiger partial charge in [0.2, 0.25) is 5.91 Å². The highest BCUT2D eigenvalue weighted by atomic mass is 32.2. The van der Waals surface area contributed by atoms with E-state index in [1.807, 2.05) is 53.8 Å². The Labute approximate surface area is 229 Å². The maximum Gasteiger partial charge on any atom is 0.225 e. The summed E-state index contributed by atoms with van der Waals surface area (Å²) >= 11 is 2.85. The van der Waals surface area contributed by atoms with E-state index in [2.05, 4.69) is 36.5 Å². The SMILES string of the molecule is COc1ccc(OC)c(N(C)OSN(C)c2ccc(NC(=O)CCSc3ccc(C)cc3)cc2)c1.S. The average molecular weight is 548 g/mol. The van der Waals surface area contributed by atoms with Gasteiger partial charge in [0.15, 0.2) is 0 Å². The molecule has 0 bridgehead atoms. The van der Waals surface area contributed by atoms with Gasteiger partial charge in [-0.1, -0.05) is 17.7 Å². The van der Waals surface area contributed by atoms with Crippen LogP contribution in [-0.2, 0) is 9.08 Å². The number of aryl methyl sites for hydroxylation is 1. The summed E-state index contributed by atoms with van der Waals surface area (Å²) in [6, 6.07) is 21.5. The van der Waals surface area contributed by atoms with Gasteiger partial charge in [-0.05, 0) is 55.5 Å². The summed E-state index contributed by atoms with van der Waals surface area (Å²) in [5, 5.41) is 4.57. The van der Waals surface area contributed by atoms with Crippen molar-refractivity contribution in [1.82, 2.24) is 0 Å². The average Bonchev–Trinajstić information content (AvgIpc) is 2.88. The number of methoxy groups -OCH3 is 2. The molecule has 3 aromatic rings.